The van der Waals surface area contributed by atoms with Gasteiger partial charge in [-0.05, 0) is 25.5 Å². The van der Waals surface area contributed by atoms with Crippen LogP contribution in [0.1, 0.15) is 43.6 Å². The minimum absolute atomic E-state index is 0.707. The van der Waals surface area contributed by atoms with Crippen LogP contribution in [0.25, 0.3) is 0 Å². The summed E-state index contributed by atoms with van der Waals surface area (Å²) in [6.45, 7) is 3.85. The van der Waals surface area contributed by atoms with Gasteiger partial charge in [-0.1, -0.05) is 13.3 Å². The molecule has 76 valence electrons. The van der Waals surface area contributed by atoms with Gasteiger partial charge >= 0.3 is 0 Å². The van der Waals surface area contributed by atoms with E-state index < -0.39 is 0 Å². The maximum Gasteiger partial charge on any atom is 0.142 e. The fraction of sp³-hybridized carbons (Fsp3) is 0.636. The Labute approximate surface area is 85.0 Å². The van der Waals surface area contributed by atoms with E-state index in [0.717, 1.165) is 18.9 Å². The van der Waals surface area contributed by atoms with Crippen LogP contribution in [0.15, 0.2) is 12.3 Å². The molecule has 0 spiro atoms. The largest absolute Gasteiger partial charge is 0.310 e. The Kier molecular flexibility index (Phi) is 3.09. The Morgan fingerprint density at radius 2 is 2.36 bits per heavy atom. The monoisotopic (exact) mass is 191 g/mol. The molecule has 1 aliphatic rings. The van der Waals surface area contributed by atoms with Crippen molar-refractivity contribution in [1.82, 2.24) is 15.3 Å². The Bertz CT molecular complexity index is 294. The Hall–Kier alpha value is -0.960. The first kappa shape index (κ1) is 9.59. The smallest absolute Gasteiger partial charge is 0.142 e. The molecule has 0 unspecified atom stereocenters. The van der Waals surface area contributed by atoms with Crippen LogP contribution in [0.4, 0.5) is 0 Å². The minimum Gasteiger partial charge on any atom is -0.310 e. The third kappa shape index (κ3) is 2.10. The van der Waals surface area contributed by atoms with Crippen molar-refractivity contribution in [1.29, 1.82) is 0 Å². The van der Waals surface area contributed by atoms with Crippen molar-refractivity contribution >= 4 is 0 Å². The first-order chi connectivity index (χ1) is 6.90. The third-order valence-electron chi connectivity index (χ3n) is 2.78. The number of hydrogen-bond acceptors (Lipinski definition) is 3. The molecule has 1 heterocycles. The SMILES string of the molecule is CCNCc1nccc(C2CCC2)n1. The summed E-state index contributed by atoms with van der Waals surface area (Å²) < 4.78 is 0. The molecule has 0 bridgehead atoms. The average Bonchev–Trinajstić information content (AvgIpc) is 2.13. The van der Waals surface area contributed by atoms with Gasteiger partial charge in [0.1, 0.15) is 5.82 Å². The number of nitrogens with zero attached hydrogens (tertiary/aromatic N) is 2. The highest BCUT2D eigenvalue weighted by Gasteiger charge is 2.20. The summed E-state index contributed by atoms with van der Waals surface area (Å²) in [4.78, 5) is 8.80. The molecule has 0 aromatic carbocycles. The molecule has 0 amide bonds. The van der Waals surface area contributed by atoms with E-state index in [1.807, 2.05) is 6.20 Å². The zero-order valence-electron chi connectivity index (χ0n) is 8.66. The molecule has 3 nitrogen and oxygen atoms in total. The van der Waals surface area contributed by atoms with E-state index in [9.17, 15) is 0 Å². The minimum atomic E-state index is 0.707. The maximum absolute atomic E-state index is 4.56. The van der Waals surface area contributed by atoms with Crippen molar-refractivity contribution in [2.24, 2.45) is 0 Å². The number of aromatic nitrogens is 2. The van der Waals surface area contributed by atoms with Gasteiger partial charge in [0, 0.05) is 17.8 Å². The summed E-state index contributed by atoms with van der Waals surface area (Å²) in [5.41, 5.74) is 1.24. The fourth-order valence-electron chi connectivity index (χ4n) is 1.67. The molecule has 1 aromatic rings. The summed E-state index contributed by atoms with van der Waals surface area (Å²) in [7, 11) is 0. The van der Waals surface area contributed by atoms with Crippen LogP contribution in [0.5, 0.6) is 0 Å². The van der Waals surface area contributed by atoms with E-state index in [1.54, 1.807) is 0 Å². The molecule has 1 fully saturated rings. The van der Waals surface area contributed by atoms with E-state index in [1.165, 1.54) is 25.0 Å². The third-order valence-corrected chi connectivity index (χ3v) is 2.78. The van der Waals surface area contributed by atoms with E-state index in [4.69, 9.17) is 0 Å². The normalized spacial score (nSPS) is 16.6. The fourth-order valence-corrected chi connectivity index (χ4v) is 1.67. The van der Waals surface area contributed by atoms with Gasteiger partial charge in [-0.2, -0.15) is 0 Å². The predicted molar refractivity (Wildman–Crippen MR) is 56.0 cm³/mol. The van der Waals surface area contributed by atoms with Crippen LogP contribution < -0.4 is 5.32 Å². The van der Waals surface area contributed by atoms with Crippen LogP contribution >= 0.6 is 0 Å². The summed E-state index contributed by atoms with van der Waals surface area (Å²) in [6, 6.07) is 2.05. The van der Waals surface area contributed by atoms with E-state index in [2.05, 4.69) is 28.3 Å². The zero-order chi connectivity index (χ0) is 9.80. The predicted octanol–water partition coefficient (Wildman–Crippen LogP) is 1.85. The topological polar surface area (TPSA) is 37.8 Å². The lowest BCUT2D eigenvalue weighted by Gasteiger charge is -2.24. The summed E-state index contributed by atoms with van der Waals surface area (Å²) in [6.07, 6.45) is 5.85. The van der Waals surface area contributed by atoms with Crippen LogP contribution in [-0.2, 0) is 6.54 Å². The number of hydrogen-bond donors (Lipinski definition) is 1. The molecule has 1 N–H and O–H groups in total. The molecular formula is C11H17N3. The lowest BCUT2D eigenvalue weighted by atomic mass is 9.83. The summed E-state index contributed by atoms with van der Waals surface area (Å²) >= 11 is 0. The van der Waals surface area contributed by atoms with Gasteiger partial charge in [0.15, 0.2) is 0 Å². The van der Waals surface area contributed by atoms with Gasteiger partial charge in [-0.15, -0.1) is 0 Å². The highest BCUT2D eigenvalue weighted by Crippen LogP contribution is 2.34. The molecule has 1 aliphatic carbocycles. The van der Waals surface area contributed by atoms with E-state index in [0.29, 0.717) is 5.92 Å². The molecule has 14 heavy (non-hydrogen) atoms. The maximum atomic E-state index is 4.56. The number of rotatable bonds is 4. The van der Waals surface area contributed by atoms with Crippen molar-refractivity contribution in [2.75, 3.05) is 6.54 Å². The second-order valence-corrected chi connectivity index (χ2v) is 3.81. The standard InChI is InChI=1S/C11H17N3/c1-2-12-8-11-13-7-6-10(14-11)9-4-3-5-9/h6-7,9,12H,2-5,8H2,1H3. The highest BCUT2D eigenvalue weighted by atomic mass is 15.0. The molecular weight excluding hydrogens is 174 g/mol. The van der Waals surface area contributed by atoms with Gasteiger partial charge in [0.25, 0.3) is 0 Å². The van der Waals surface area contributed by atoms with Crippen LogP contribution in [0, 0.1) is 0 Å². The Morgan fingerprint density at radius 3 is 3.00 bits per heavy atom. The molecule has 0 saturated heterocycles. The second-order valence-electron chi connectivity index (χ2n) is 3.81. The number of nitrogens with one attached hydrogen (secondary N) is 1. The van der Waals surface area contributed by atoms with Crippen molar-refractivity contribution in [2.45, 2.75) is 38.6 Å². The average molecular weight is 191 g/mol. The van der Waals surface area contributed by atoms with Gasteiger partial charge in [0.05, 0.1) is 6.54 Å². The molecule has 3 heteroatoms. The van der Waals surface area contributed by atoms with Crippen molar-refractivity contribution in [3.05, 3.63) is 23.8 Å². The van der Waals surface area contributed by atoms with Gasteiger partial charge in [0.2, 0.25) is 0 Å². The van der Waals surface area contributed by atoms with Gasteiger partial charge < -0.3 is 5.32 Å². The quantitative estimate of drug-likeness (QED) is 0.789. The first-order valence-electron chi connectivity index (χ1n) is 5.42. The summed E-state index contributed by atoms with van der Waals surface area (Å²) in [5.74, 6) is 1.63. The Morgan fingerprint density at radius 1 is 1.50 bits per heavy atom. The van der Waals surface area contributed by atoms with Crippen LogP contribution in [0.2, 0.25) is 0 Å². The van der Waals surface area contributed by atoms with Gasteiger partial charge in [-0.3, -0.25) is 0 Å². The second kappa shape index (κ2) is 4.51. The molecule has 1 aromatic heterocycles. The molecule has 2 rings (SSSR count). The lowest BCUT2D eigenvalue weighted by molar-refractivity contribution is 0.409. The van der Waals surface area contributed by atoms with E-state index >= 15 is 0 Å². The van der Waals surface area contributed by atoms with Crippen molar-refractivity contribution in [3.8, 4) is 0 Å². The van der Waals surface area contributed by atoms with Crippen molar-refractivity contribution < 1.29 is 0 Å². The molecule has 1 saturated carbocycles. The van der Waals surface area contributed by atoms with Crippen LogP contribution in [0.3, 0.4) is 0 Å². The van der Waals surface area contributed by atoms with Crippen LogP contribution in [-0.4, -0.2) is 16.5 Å². The lowest BCUT2D eigenvalue weighted by Crippen LogP contribution is -2.17. The Balaban J connectivity index is 2.02. The molecule has 0 aliphatic heterocycles. The van der Waals surface area contributed by atoms with E-state index in [-0.39, 0.29) is 0 Å². The molecule has 0 atom stereocenters. The zero-order valence-corrected chi connectivity index (χ0v) is 8.66. The highest BCUT2D eigenvalue weighted by molar-refractivity contribution is 5.11. The first-order valence-corrected chi connectivity index (χ1v) is 5.42. The molecule has 0 radical (unpaired) electrons. The van der Waals surface area contributed by atoms with Crippen molar-refractivity contribution in [3.63, 3.8) is 0 Å². The van der Waals surface area contributed by atoms with Gasteiger partial charge in [-0.25, -0.2) is 9.97 Å². The summed E-state index contributed by atoms with van der Waals surface area (Å²) in [5, 5.41) is 3.24.